The van der Waals surface area contributed by atoms with Crippen molar-refractivity contribution in [3.8, 4) is 0 Å². The molecule has 0 aliphatic rings. The van der Waals surface area contributed by atoms with Crippen LogP contribution in [0, 0.1) is 0 Å². The van der Waals surface area contributed by atoms with Gasteiger partial charge in [-0.05, 0) is 52.4 Å². The highest BCUT2D eigenvalue weighted by atomic mass is 32.2. The van der Waals surface area contributed by atoms with Crippen LogP contribution < -0.4 is 14.8 Å². The van der Waals surface area contributed by atoms with Crippen LogP contribution in [0.4, 0.5) is 5.69 Å². The maximum Gasteiger partial charge on any atom is 0.299 e. The molecule has 19 heavy (non-hydrogen) atoms. The lowest BCUT2D eigenvalue weighted by Crippen LogP contribution is -2.43. The molecule has 6 heteroatoms. The van der Waals surface area contributed by atoms with Gasteiger partial charge in [0.2, 0.25) is 0 Å². The molecule has 0 aliphatic carbocycles. The number of hydrogen-bond acceptors (Lipinski definition) is 3. The molecule has 0 aliphatic heterocycles. The van der Waals surface area contributed by atoms with E-state index >= 15 is 0 Å². The first-order valence-corrected chi connectivity index (χ1v) is 7.70. The molecule has 1 aromatic carbocycles. The standard InChI is InChI=1S/C13H23N3O2S/c1-10(14-5)11-7-6-8-12(9-11)15-19(17,18)16-13(2,3)4/h6-10,14-16H,1-5H3. The molecule has 1 unspecified atom stereocenters. The van der Waals surface area contributed by atoms with Gasteiger partial charge in [-0.2, -0.15) is 13.1 Å². The fourth-order valence-electron chi connectivity index (χ4n) is 1.62. The number of benzene rings is 1. The van der Waals surface area contributed by atoms with E-state index in [1.165, 1.54) is 0 Å². The van der Waals surface area contributed by atoms with E-state index in [9.17, 15) is 8.42 Å². The van der Waals surface area contributed by atoms with Crippen molar-refractivity contribution in [3.63, 3.8) is 0 Å². The second-order valence-corrected chi connectivity index (χ2v) is 7.01. The van der Waals surface area contributed by atoms with Gasteiger partial charge < -0.3 is 5.32 Å². The van der Waals surface area contributed by atoms with Crippen molar-refractivity contribution in [1.29, 1.82) is 0 Å². The van der Waals surface area contributed by atoms with Crippen molar-refractivity contribution in [2.75, 3.05) is 11.8 Å². The summed E-state index contributed by atoms with van der Waals surface area (Å²) < 4.78 is 28.9. The first-order chi connectivity index (χ1) is 8.63. The summed E-state index contributed by atoms with van der Waals surface area (Å²) in [6, 6.07) is 7.51. The quantitative estimate of drug-likeness (QED) is 0.775. The van der Waals surface area contributed by atoms with Gasteiger partial charge in [-0.15, -0.1) is 0 Å². The van der Waals surface area contributed by atoms with E-state index in [2.05, 4.69) is 14.8 Å². The molecule has 0 aromatic heterocycles. The second kappa shape index (κ2) is 5.90. The highest BCUT2D eigenvalue weighted by molar-refractivity contribution is 7.90. The fraction of sp³-hybridized carbons (Fsp3) is 0.538. The number of nitrogens with one attached hydrogen (secondary N) is 3. The molecule has 0 spiro atoms. The van der Waals surface area contributed by atoms with Crippen LogP contribution in [0.25, 0.3) is 0 Å². The minimum Gasteiger partial charge on any atom is -0.313 e. The first kappa shape index (κ1) is 15.9. The van der Waals surface area contributed by atoms with Crippen molar-refractivity contribution in [2.45, 2.75) is 39.3 Å². The van der Waals surface area contributed by atoms with E-state index in [4.69, 9.17) is 0 Å². The lowest BCUT2D eigenvalue weighted by molar-refractivity contribution is 0.494. The van der Waals surface area contributed by atoms with Gasteiger partial charge in [0, 0.05) is 11.6 Å². The first-order valence-electron chi connectivity index (χ1n) is 6.22. The molecule has 0 fully saturated rings. The van der Waals surface area contributed by atoms with Gasteiger partial charge in [0.05, 0.1) is 5.69 Å². The van der Waals surface area contributed by atoms with Gasteiger partial charge in [-0.25, -0.2) is 0 Å². The number of hydrogen-bond donors (Lipinski definition) is 3. The Morgan fingerprint density at radius 2 is 1.84 bits per heavy atom. The van der Waals surface area contributed by atoms with Crippen LogP contribution in [0.15, 0.2) is 24.3 Å². The van der Waals surface area contributed by atoms with Crippen molar-refractivity contribution >= 4 is 15.9 Å². The molecule has 0 saturated carbocycles. The molecule has 0 amide bonds. The molecule has 1 rings (SSSR count). The van der Waals surface area contributed by atoms with Crippen LogP contribution in [0.5, 0.6) is 0 Å². The normalized spacial score (nSPS) is 14.2. The maximum atomic E-state index is 11.9. The predicted molar refractivity (Wildman–Crippen MR) is 79.3 cm³/mol. The van der Waals surface area contributed by atoms with Crippen molar-refractivity contribution in [3.05, 3.63) is 29.8 Å². The zero-order valence-corrected chi connectivity index (χ0v) is 12.9. The summed E-state index contributed by atoms with van der Waals surface area (Å²) in [4.78, 5) is 0. The molecule has 108 valence electrons. The molecule has 0 radical (unpaired) electrons. The van der Waals surface area contributed by atoms with E-state index < -0.39 is 15.7 Å². The molecule has 0 saturated heterocycles. The van der Waals surface area contributed by atoms with E-state index in [0.29, 0.717) is 5.69 Å². The van der Waals surface area contributed by atoms with Crippen molar-refractivity contribution in [2.24, 2.45) is 0 Å². The smallest absolute Gasteiger partial charge is 0.299 e. The average Bonchev–Trinajstić information content (AvgIpc) is 2.24. The summed E-state index contributed by atoms with van der Waals surface area (Å²) in [6.45, 7) is 7.41. The largest absolute Gasteiger partial charge is 0.313 e. The summed E-state index contributed by atoms with van der Waals surface area (Å²) >= 11 is 0. The van der Waals surface area contributed by atoms with Gasteiger partial charge in [0.15, 0.2) is 0 Å². The number of anilines is 1. The summed E-state index contributed by atoms with van der Waals surface area (Å²) in [6.07, 6.45) is 0. The topological polar surface area (TPSA) is 70.2 Å². The number of rotatable bonds is 5. The van der Waals surface area contributed by atoms with Crippen LogP contribution in [-0.2, 0) is 10.2 Å². The van der Waals surface area contributed by atoms with E-state index in [1.807, 2.05) is 32.2 Å². The Labute approximate surface area is 116 Å². The third-order valence-corrected chi connectivity index (χ3v) is 3.90. The van der Waals surface area contributed by atoms with Crippen LogP contribution >= 0.6 is 0 Å². The predicted octanol–water partition coefficient (Wildman–Crippen LogP) is 2.01. The average molecular weight is 285 g/mol. The highest BCUT2D eigenvalue weighted by Crippen LogP contribution is 2.18. The van der Waals surface area contributed by atoms with Gasteiger partial charge in [-0.1, -0.05) is 12.1 Å². The Morgan fingerprint density at radius 3 is 2.37 bits per heavy atom. The lowest BCUT2D eigenvalue weighted by Gasteiger charge is -2.21. The van der Waals surface area contributed by atoms with Gasteiger partial charge in [0.25, 0.3) is 10.2 Å². The molecule has 3 N–H and O–H groups in total. The monoisotopic (exact) mass is 285 g/mol. The molecule has 1 atom stereocenters. The zero-order valence-electron chi connectivity index (χ0n) is 12.1. The van der Waals surface area contributed by atoms with Crippen LogP contribution in [0.1, 0.15) is 39.3 Å². The Balaban J connectivity index is 2.88. The van der Waals surface area contributed by atoms with Gasteiger partial charge in [-0.3, -0.25) is 4.72 Å². The second-order valence-electron chi connectivity index (χ2n) is 5.59. The van der Waals surface area contributed by atoms with Crippen molar-refractivity contribution in [1.82, 2.24) is 10.0 Å². The van der Waals surface area contributed by atoms with E-state index in [1.54, 1.807) is 26.8 Å². The van der Waals surface area contributed by atoms with Crippen LogP contribution in [0.3, 0.4) is 0 Å². The van der Waals surface area contributed by atoms with E-state index in [0.717, 1.165) is 5.56 Å². The van der Waals surface area contributed by atoms with E-state index in [-0.39, 0.29) is 6.04 Å². The van der Waals surface area contributed by atoms with Crippen molar-refractivity contribution < 1.29 is 8.42 Å². The van der Waals surface area contributed by atoms with Crippen LogP contribution in [-0.4, -0.2) is 21.0 Å². The fourth-order valence-corrected chi connectivity index (χ4v) is 2.92. The third-order valence-electron chi connectivity index (χ3n) is 2.51. The minimum absolute atomic E-state index is 0.167. The molecular weight excluding hydrogens is 262 g/mol. The molecule has 1 aromatic rings. The lowest BCUT2D eigenvalue weighted by atomic mass is 10.1. The molecular formula is C13H23N3O2S. The Hall–Kier alpha value is -1.11. The summed E-state index contributed by atoms with van der Waals surface area (Å²) in [5.41, 5.74) is 1.07. The summed E-state index contributed by atoms with van der Waals surface area (Å²) in [5, 5.41) is 3.12. The Morgan fingerprint density at radius 1 is 1.21 bits per heavy atom. The molecule has 0 bridgehead atoms. The minimum atomic E-state index is -3.56. The SMILES string of the molecule is CNC(C)c1cccc(NS(=O)(=O)NC(C)(C)C)c1. The third kappa shape index (κ3) is 5.59. The Bertz CT molecular complexity index is 521. The highest BCUT2D eigenvalue weighted by Gasteiger charge is 2.19. The summed E-state index contributed by atoms with van der Waals surface area (Å²) in [7, 11) is -1.70. The van der Waals surface area contributed by atoms with Gasteiger partial charge >= 0.3 is 0 Å². The Kier molecular flexibility index (Phi) is 4.95. The summed E-state index contributed by atoms with van der Waals surface area (Å²) in [5.74, 6) is 0. The van der Waals surface area contributed by atoms with Crippen LogP contribution in [0.2, 0.25) is 0 Å². The van der Waals surface area contributed by atoms with Gasteiger partial charge in [0.1, 0.15) is 0 Å². The molecule has 5 nitrogen and oxygen atoms in total. The molecule has 0 heterocycles. The zero-order chi connectivity index (χ0) is 14.7. The maximum absolute atomic E-state index is 11.9.